The first kappa shape index (κ1) is 16.9. The maximum absolute atomic E-state index is 5.38. The number of pyridine rings is 1. The molecule has 0 aliphatic carbocycles. The van der Waals surface area contributed by atoms with Crippen LogP contribution in [0.15, 0.2) is 22.9 Å². The van der Waals surface area contributed by atoms with Crippen molar-refractivity contribution in [3.8, 4) is 11.5 Å². The minimum atomic E-state index is 0.250. The van der Waals surface area contributed by atoms with Crippen LogP contribution in [0.3, 0.4) is 0 Å². The Morgan fingerprint density at radius 1 is 1.29 bits per heavy atom. The molecule has 0 bridgehead atoms. The first-order chi connectivity index (χ1) is 11.6. The summed E-state index contributed by atoms with van der Waals surface area (Å²) in [5.74, 6) is 2.43. The van der Waals surface area contributed by atoms with E-state index < -0.39 is 0 Å². The van der Waals surface area contributed by atoms with Crippen molar-refractivity contribution >= 4 is 5.82 Å². The van der Waals surface area contributed by atoms with Gasteiger partial charge in [-0.1, -0.05) is 19.0 Å². The minimum Gasteiger partial charge on any atom is -0.379 e. The highest BCUT2D eigenvalue weighted by Crippen LogP contribution is 2.22. The summed E-state index contributed by atoms with van der Waals surface area (Å²) >= 11 is 0. The largest absolute Gasteiger partial charge is 0.379 e. The molecule has 130 valence electrons. The minimum absolute atomic E-state index is 0.250. The molecule has 0 spiro atoms. The molecular weight excluding hydrogens is 306 g/mol. The number of hydrogen-bond acceptors (Lipinski definition) is 7. The fourth-order valence-electron chi connectivity index (χ4n) is 2.58. The van der Waals surface area contributed by atoms with Crippen molar-refractivity contribution in [2.45, 2.75) is 19.8 Å². The zero-order chi connectivity index (χ0) is 16.9. The topological polar surface area (TPSA) is 67.5 Å². The molecule has 0 amide bonds. The van der Waals surface area contributed by atoms with Gasteiger partial charge in [-0.15, -0.1) is 0 Å². The Hall–Kier alpha value is -1.99. The van der Waals surface area contributed by atoms with Crippen molar-refractivity contribution in [1.82, 2.24) is 20.0 Å². The Kier molecular flexibility index (Phi) is 5.42. The molecule has 0 N–H and O–H groups in total. The van der Waals surface area contributed by atoms with Gasteiger partial charge in [-0.25, -0.2) is 4.98 Å². The molecule has 0 atom stereocenters. The van der Waals surface area contributed by atoms with Crippen LogP contribution in [0.4, 0.5) is 5.82 Å². The molecule has 0 radical (unpaired) electrons. The van der Waals surface area contributed by atoms with E-state index in [2.05, 4.69) is 32.0 Å². The lowest BCUT2D eigenvalue weighted by molar-refractivity contribution is 0.0393. The summed E-state index contributed by atoms with van der Waals surface area (Å²) < 4.78 is 10.8. The van der Waals surface area contributed by atoms with E-state index in [0.717, 1.165) is 56.6 Å². The van der Waals surface area contributed by atoms with Gasteiger partial charge in [-0.3, -0.25) is 4.90 Å². The van der Waals surface area contributed by atoms with Gasteiger partial charge in [0.1, 0.15) is 5.82 Å². The van der Waals surface area contributed by atoms with Gasteiger partial charge in [0.2, 0.25) is 0 Å². The number of anilines is 1. The van der Waals surface area contributed by atoms with Crippen LogP contribution >= 0.6 is 0 Å². The smallest absolute Gasteiger partial charge is 0.258 e. The lowest BCUT2D eigenvalue weighted by Crippen LogP contribution is -2.40. The number of rotatable bonds is 6. The molecule has 1 aliphatic heterocycles. The van der Waals surface area contributed by atoms with E-state index in [9.17, 15) is 0 Å². The van der Waals surface area contributed by atoms with Crippen LogP contribution in [0.5, 0.6) is 0 Å². The molecule has 0 aromatic carbocycles. The number of ether oxygens (including phenoxy) is 1. The van der Waals surface area contributed by atoms with Crippen molar-refractivity contribution < 1.29 is 9.26 Å². The molecule has 2 aromatic rings. The molecule has 0 unspecified atom stereocenters. The highest BCUT2D eigenvalue weighted by atomic mass is 16.5. The predicted octanol–water partition coefficient (Wildman–Crippen LogP) is 2.02. The van der Waals surface area contributed by atoms with E-state index in [0.29, 0.717) is 5.89 Å². The molecule has 3 heterocycles. The standard InChI is InChI=1S/C17H25N5O2/c1-13(2)16-19-17(24-20-16)14-4-5-18-15(12-14)21(3)6-7-22-8-10-23-11-9-22/h4-5,12-13H,6-11H2,1-3H3. The fourth-order valence-corrected chi connectivity index (χ4v) is 2.58. The summed E-state index contributed by atoms with van der Waals surface area (Å²) in [7, 11) is 2.06. The van der Waals surface area contributed by atoms with Crippen molar-refractivity contribution in [2.75, 3.05) is 51.3 Å². The first-order valence-corrected chi connectivity index (χ1v) is 8.45. The summed E-state index contributed by atoms with van der Waals surface area (Å²) in [4.78, 5) is 13.5. The SMILES string of the molecule is CC(C)c1noc(-c2ccnc(N(C)CCN3CCOCC3)c2)n1. The first-order valence-electron chi connectivity index (χ1n) is 8.45. The molecule has 7 nitrogen and oxygen atoms in total. The van der Waals surface area contributed by atoms with Gasteiger partial charge in [-0.2, -0.15) is 4.98 Å². The quantitative estimate of drug-likeness (QED) is 0.802. The average Bonchev–Trinajstić information content (AvgIpc) is 3.11. The third-order valence-corrected chi connectivity index (χ3v) is 4.20. The predicted molar refractivity (Wildman–Crippen MR) is 92.1 cm³/mol. The molecule has 1 fully saturated rings. The molecular formula is C17H25N5O2. The van der Waals surface area contributed by atoms with Gasteiger partial charge in [0.25, 0.3) is 5.89 Å². The maximum Gasteiger partial charge on any atom is 0.258 e. The summed E-state index contributed by atoms with van der Waals surface area (Å²) in [6.45, 7) is 9.67. The normalized spacial score (nSPS) is 15.8. The number of morpholine rings is 1. The van der Waals surface area contributed by atoms with Gasteiger partial charge in [-0.05, 0) is 12.1 Å². The third kappa shape index (κ3) is 4.10. The Morgan fingerprint density at radius 3 is 2.79 bits per heavy atom. The second kappa shape index (κ2) is 7.72. The van der Waals surface area contributed by atoms with Crippen LogP contribution in [-0.2, 0) is 4.74 Å². The molecule has 3 rings (SSSR count). The zero-order valence-corrected chi connectivity index (χ0v) is 14.6. The van der Waals surface area contributed by atoms with E-state index in [4.69, 9.17) is 9.26 Å². The van der Waals surface area contributed by atoms with Crippen molar-refractivity contribution in [3.05, 3.63) is 24.2 Å². The van der Waals surface area contributed by atoms with E-state index in [1.165, 1.54) is 0 Å². The molecule has 24 heavy (non-hydrogen) atoms. The molecule has 0 saturated carbocycles. The number of nitrogens with zero attached hydrogens (tertiary/aromatic N) is 5. The molecule has 7 heteroatoms. The maximum atomic E-state index is 5.38. The average molecular weight is 331 g/mol. The van der Waals surface area contributed by atoms with Gasteiger partial charge in [0.15, 0.2) is 5.82 Å². The molecule has 1 aliphatic rings. The Balaban J connectivity index is 1.65. The summed E-state index contributed by atoms with van der Waals surface area (Å²) in [6, 6.07) is 3.90. The second-order valence-corrected chi connectivity index (χ2v) is 6.39. The summed E-state index contributed by atoms with van der Waals surface area (Å²) in [5.41, 5.74) is 0.901. The van der Waals surface area contributed by atoms with E-state index >= 15 is 0 Å². The van der Waals surface area contributed by atoms with E-state index in [-0.39, 0.29) is 5.92 Å². The number of aromatic nitrogens is 3. The lowest BCUT2D eigenvalue weighted by atomic mass is 10.2. The zero-order valence-electron chi connectivity index (χ0n) is 14.6. The van der Waals surface area contributed by atoms with Crippen molar-refractivity contribution in [2.24, 2.45) is 0 Å². The van der Waals surface area contributed by atoms with Crippen LogP contribution < -0.4 is 4.90 Å². The van der Waals surface area contributed by atoms with Crippen LogP contribution in [-0.4, -0.2) is 66.5 Å². The summed E-state index contributed by atoms with van der Waals surface area (Å²) in [5, 5.41) is 4.03. The molecule has 1 saturated heterocycles. The van der Waals surface area contributed by atoms with Crippen LogP contribution in [0.2, 0.25) is 0 Å². The van der Waals surface area contributed by atoms with Gasteiger partial charge in [0, 0.05) is 50.9 Å². The van der Waals surface area contributed by atoms with Crippen molar-refractivity contribution in [3.63, 3.8) is 0 Å². The molecule has 2 aromatic heterocycles. The summed E-state index contributed by atoms with van der Waals surface area (Å²) in [6.07, 6.45) is 1.79. The Morgan fingerprint density at radius 2 is 2.08 bits per heavy atom. The third-order valence-electron chi connectivity index (χ3n) is 4.20. The highest BCUT2D eigenvalue weighted by Gasteiger charge is 2.14. The van der Waals surface area contributed by atoms with Crippen LogP contribution in [0.1, 0.15) is 25.6 Å². The van der Waals surface area contributed by atoms with Crippen LogP contribution in [0, 0.1) is 0 Å². The number of hydrogen-bond donors (Lipinski definition) is 0. The fraction of sp³-hybridized carbons (Fsp3) is 0.588. The van der Waals surface area contributed by atoms with Crippen molar-refractivity contribution in [1.29, 1.82) is 0 Å². The van der Waals surface area contributed by atoms with E-state index in [1.54, 1.807) is 6.20 Å². The highest BCUT2D eigenvalue weighted by molar-refractivity contribution is 5.58. The second-order valence-electron chi connectivity index (χ2n) is 6.39. The van der Waals surface area contributed by atoms with Crippen LogP contribution in [0.25, 0.3) is 11.5 Å². The Labute approximate surface area is 142 Å². The lowest BCUT2D eigenvalue weighted by Gasteiger charge is -2.29. The monoisotopic (exact) mass is 331 g/mol. The Bertz CT molecular complexity index is 652. The number of likely N-dealkylation sites (N-methyl/N-ethyl adjacent to an activating group) is 1. The van der Waals surface area contributed by atoms with Gasteiger partial charge in [0.05, 0.1) is 13.2 Å². The van der Waals surface area contributed by atoms with Gasteiger partial charge < -0.3 is 14.2 Å². The van der Waals surface area contributed by atoms with E-state index in [1.807, 2.05) is 26.0 Å². The van der Waals surface area contributed by atoms with Gasteiger partial charge >= 0.3 is 0 Å².